The van der Waals surface area contributed by atoms with Crippen LogP contribution in [0.4, 0.5) is 10.2 Å². The Bertz CT molecular complexity index is 1330. The molecule has 3 heterocycles. The number of aryl methyl sites for hydroxylation is 1. The summed E-state index contributed by atoms with van der Waals surface area (Å²) in [7, 11) is 1.46. The summed E-state index contributed by atoms with van der Waals surface area (Å²) in [6, 6.07) is 5.59. The zero-order chi connectivity index (χ0) is 25.9. The molecule has 5 rings (SSSR count). The molecular weight excluding hydrogens is 479 g/mol. The molecule has 1 atom stereocenters. The quantitative estimate of drug-likeness (QED) is 0.513. The van der Waals surface area contributed by atoms with Gasteiger partial charge in [-0.2, -0.15) is 4.68 Å². The zero-order valence-electron chi connectivity index (χ0n) is 21.1. The second-order valence-electron chi connectivity index (χ2n) is 9.66. The van der Waals surface area contributed by atoms with Crippen LogP contribution in [0.15, 0.2) is 29.1 Å². The molecule has 3 aromatic rings. The highest BCUT2D eigenvalue weighted by Crippen LogP contribution is 2.32. The summed E-state index contributed by atoms with van der Waals surface area (Å²) >= 11 is 0. The summed E-state index contributed by atoms with van der Waals surface area (Å²) in [5, 5.41) is 14.8. The average Bonchev–Trinajstić information content (AvgIpc) is 3.26. The van der Waals surface area contributed by atoms with Crippen molar-refractivity contribution in [3.8, 4) is 17.3 Å². The van der Waals surface area contributed by atoms with E-state index < -0.39 is 17.4 Å². The summed E-state index contributed by atoms with van der Waals surface area (Å²) in [6.45, 7) is 2.53. The predicted octanol–water partition coefficient (Wildman–Crippen LogP) is 3.91. The first-order valence-electron chi connectivity index (χ1n) is 12.8. The molecule has 0 unspecified atom stereocenters. The lowest BCUT2D eigenvalue weighted by molar-refractivity contribution is 0.0996. The molecule has 1 amide bonds. The number of halogens is 1. The van der Waals surface area contributed by atoms with Crippen molar-refractivity contribution in [3.05, 3.63) is 52.0 Å². The highest BCUT2D eigenvalue weighted by atomic mass is 19.1. The number of hydrogen-bond acceptors (Lipinski definition) is 7. The molecule has 1 saturated carbocycles. The first-order valence-corrected chi connectivity index (χ1v) is 12.8. The molecule has 1 aliphatic heterocycles. The molecule has 2 aliphatic rings. The van der Waals surface area contributed by atoms with E-state index in [1.807, 2.05) is 6.92 Å². The van der Waals surface area contributed by atoms with Crippen LogP contribution in [-0.2, 0) is 13.0 Å². The Morgan fingerprint density at radius 3 is 2.65 bits per heavy atom. The summed E-state index contributed by atoms with van der Waals surface area (Å²) in [5.74, 6) is 0.271. The Kier molecular flexibility index (Phi) is 7.20. The Labute approximate surface area is 213 Å². The summed E-state index contributed by atoms with van der Waals surface area (Å²) < 4.78 is 29.4. The maximum Gasteiger partial charge on any atom is 0.350 e. The van der Waals surface area contributed by atoms with Crippen molar-refractivity contribution in [1.82, 2.24) is 24.5 Å². The van der Waals surface area contributed by atoms with Crippen LogP contribution in [0, 0.1) is 11.7 Å². The van der Waals surface area contributed by atoms with E-state index in [0.29, 0.717) is 30.6 Å². The van der Waals surface area contributed by atoms with Crippen LogP contribution in [0.1, 0.15) is 68.1 Å². The van der Waals surface area contributed by atoms with Crippen molar-refractivity contribution >= 4 is 11.7 Å². The lowest BCUT2D eigenvalue weighted by atomic mass is 9.86. The van der Waals surface area contributed by atoms with Crippen LogP contribution in [0.2, 0.25) is 0 Å². The van der Waals surface area contributed by atoms with Gasteiger partial charge in [0.15, 0.2) is 5.82 Å². The normalized spacial score (nSPS) is 16.6. The highest BCUT2D eigenvalue weighted by Gasteiger charge is 2.27. The van der Waals surface area contributed by atoms with Crippen LogP contribution in [0.5, 0.6) is 11.6 Å². The van der Waals surface area contributed by atoms with Gasteiger partial charge in [0.1, 0.15) is 23.1 Å². The molecule has 1 N–H and O–H groups in total. The van der Waals surface area contributed by atoms with Crippen molar-refractivity contribution in [3.63, 3.8) is 0 Å². The van der Waals surface area contributed by atoms with E-state index in [0.717, 1.165) is 49.3 Å². The van der Waals surface area contributed by atoms with Gasteiger partial charge in [-0.25, -0.2) is 9.18 Å². The lowest BCUT2D eigenvalue weighted by Crippen LogP contribution is -2.28. The van der Waals surface area contributed by atoms with E-state index in [1.165, 1.54) is 25.7 Å². The molecule has 1 fully saturated rings. The molecule has 1 aromatic carbocycles. The number of hydrogen-bond donors (Lipinski definition) is 1. The molecule has 37 heavy (non-hydrogen) atoms. The number of amides is 1. The van der Waals surface area contributed by atoms with Crippen LogP contribution in [-0.4, -0.2) is 43.7 Å². The maximum atomic E-state index is 15.5. The molecule has 0 saturated heterocycles. The zero-order valence-corrected chi connectivity index (χ0v) is 21.1. The van der Waals surface area contributed by atoms with Gasteiger partial charge in [-0.05, 0) is 50.7 Å². The monoisotopic (exact) mass is 510 g/mol. The number of rotatable bonds is 7. The van der Waals surface area contributed by atoms with Gasteiger partial charge in [0.05, 0.1) is 18.8 Å². The minimum absolute atomic E-state index is 0.00134. The molecule has 2 aromatic heterocycles. The van der Waals surface area contributed by atoms with Gasteiger partial charge in [-0.1, -0.05) is 19.3 Å². The van der Waals surface area contributed by atoms with Crippen LogP contribution in [0.25, 0.3) is 5.69 Å². The molecular formula is C26H31FN6O4. The number of anilines is 1. The van der Waals surface area contributed by atoms with Crippen LogP contribution in [0.3, 0.4) is 0 Å². The molecule has 0 radical (unpaired) electrons. The Morgan fingerprint density at radius 2 is 1.95 bits per heavy atom. The second-order valence-corrected chi connectivity index (χ2v) is 9.66. The fourth-order valence-corrected chi connectivity index (χ4v) is 5.12. The number of aromatic nitrogens is 5. The van der Waals surface area contributed by atoms with Gasteiger partial charge in [-0.3, -0.25) is 9.36 Å². The second kappa shape index (κ2) is 10.7. The fourth-order valence-electron chi connectivity index (χ4n) is 5.12. The molecule has 1 aliphatic carbocycles. The standard InChI is InChI=1S/C26H31FN6O4/c1-16(17-8-4-3-5-9-17)37-21-15-20(33-26(35)32-13-7-6-10-23(32)31-33)19(27)14-18(21)25(34)28-22-11-12-24(36-2)30-29-22/h11-12,14-17H,3-10,13H2,1-2H3,(H,28,29,34)/t16-/m0/s1. The van der Waals surface area contributed by atoms with E-state index in [1.54, 1.807) is 10.6 Å². The number of nitrogens with zero attached hydrogens (tertiary/aromatic N) is 5. The number of nitrogens with one attached hydrogen (secondary N) is 1. The number of carbonyl (C=O) groups excluding carboxylic acids is 1. The van der Waals surface area contributed by atoms with E-state index in [9.17, 15) is 9.59 Å². The number of methoxy groups -OCH3 is 1. The summed E-state index contributed by atoms with van der Waals surface area (Å²) in [6.07, 6.45) is 7.80. The van der Waals surface area contributed by atoms with Gasteiger partial charge in [0, 0.05) is 25.1 Å². The third kappa shape index (κ3) is 5.21. The minimum Gasteiger partial charge on any atom is -0.490 e. The van der Waals surface area contributed by atoms with Crippen molar-refractivity contribution < 1.29 is 18.7 Å². The van der Waals surface area contributed by atoms with Gasteiger partial charge >= 0.3 is 5.69 Å². The molecule has 0 spiro atoms. The van der Waals surface area contributed by atoms with E-state index in [2.05, 4.69) is 20.6 Å². The van der Waals surface area contributed by atoms with Gasteiger partial charge in [0.25, 0.3) is 5.91 Å². The van der Waals surface area contributed by atoms with Crippen molar-refractivity contribution in [2.24, 2.45) is 5.92 Å². The Balaban J connectivity index is 1.51. The Morgan fingerprint density at radius 1 is 1.14 bits per heavy atom. The number of fused-ring (bicyclic) bond motifs is 1. The van der Waals surface area contributed by atoms with E-state index >= 15 is 4.39 Å². The maximum absolute atomic E-state index is 15.5. The number of carbonyl (C=O) groups is 1. The third-order valence-electron chi connectivity index (χ3n) is 7.21. The average molecular weight is 511 g/mol. The van der Waals surface area contributed by atoms with Crippen molar-refractivity contribution in [2.45, 2.75) is 70.9 Å². The number of ether oxygens (including phenoxy) is 2. The third-order valence-corrected chi connectivity index (χ3v) is 7.21. The van der Waals surface area contributed by atoms with Crippen molar-refractivity contribution in [2.75, 3.05) is 12.4 Å². The van der Waals surface area contributed by atoms with E-state index in [-0.39, 0.29) is 28.9 Å². The molecule has 10 nitrogen and oxygen atoms in total. The van der Waals surface area contributed by atoms with Crippen LogP contribution >= 0.6 is 0 Å². The van der Waals surface area contributed by atoms with Gasteiger partial charge in [0.2, 0.25) is 5.88 Å². The molecule has 11 heteroatoms. The van der Waals surface area contributed by atoms with Crippen LogP contribution < -0.4 is 20.5 Å². The number of benzene rings is 1. The summed E-state index contributed by atoms with van der Waals surface area (Å²) in [5.41, 5.74) is -0.442. The van der Waals surface area contributed by atoms with E-state index in [4.69, 9.17) is 9.47 Å². The smallest absolute Gasteiger partial charge is 0.350 e. The summed E-state index contributed by atoms with van der Waals surface area (Å²) in [4.78, 5) is 26.2. The first kappa shape index (κ1) is 24.9. The fraction of sp³-hybridized carbons (Fsp3) is 0.500. The largest absolute Gasteiger partial charge is 0.490 e. The minimum atomic E-state index is -0.749. The molecule has 0 bridgehead atoms. The first-order chi connectivity index (χ1) is 17.9. The van der Waals surface area contributed by atoms with Gasteiger partial charge in [-0.15, -0.1) is 15.3 Å². The lowest BCUT2D eigenvalue weighted by Gasteiger charge is -2.29. The Hall–Kier alpha value is -3.76. The SMILES string of the molecule is COc1ccc(NC(=O)c2cc(F)c(-n3nc4n(c3=O)CCCC4)cc2O[C@@H](C)C2CCCCC2)nn1. The molecule has 196 valence electrons. The highest BCUT2D eigenvalue weighted by molar-refractivity contribution is 6.06. The predicted molar refractivity (Wildman–Crippen MR) is 134 cm³/mol. The van der Waals surface area contributed by atoms with Gasteiger partial charge < -0.3 is 14.8 Å². The van der Waals surface area contributed by atoms with Crippen molar-refractivity contribution in [1.29, 1.82) is 0 Å². The topological polar surface area (TPSA) is 113 Å².